The molecule has 0 saturated heterocycles. The molecule has 0 bridgehead atoms. The molecule has 0 unspecified atom stereocenters. The maximum atomic E-state index is 12.9. The van der Waals surface area contributed by atoms with E-state index >= 15 is 0 Å². The number of nitrogens with one attached hydrogen (secondary N) is 1. The molecule has 1 N–H and O–H groups in total. The van der Waals surface area contributed by atoms with Crippen LogP contribution in [0.3, 0.4) is 0 Å². The molecule has 5 aromatic rings. The molecule has 2 heterocycles. The quantitative estimate of drug-likeness (QED) is 0.442. The van der Waals surface area contributed by atoms with Crippen LogP contribution in [0.15, 0.2) is 75.7 Å². The van der Waals surface area contributed by atoms with Crippen molar-refractivity contribution < 1.29 is 18.5 Å². The monoisotopic (exact) mass is 399 g/mol. The lowest BCUT2D eigenvalue weighted by molar-refractivity contribution is 0.102. The van der Waals surface area contributed by atoms with Crippen LogP contribution in [0.5, 0.6) is 5.75 Å². The summed E-state index contributed by atoms with van der Waals surface area (Å²) < 4.78 is 16.6. The summed E-state index contributed by atoms with van der Waals surface area (Å²) in [5, 5.41) is 8.75. The molecule has 0 atom stereocenters. The zero-order valence-electron chi connectivity index (χ0n) is 16.1. The number of rotatable bonds is 5. The van der Waals surface area contributed by atoms with E-state index in [0.717, 1.165) is 16.4 Å². The van der Waals surface area contributed by atoms with Gasteiger partial charge in [0.05, 0.1) is 5.56 Å². The number of fused-ring (bicyclic) bond motifs is 3. The number of para-hydroxylation sites is 2. The predicted octanol–water partition coefficient (Wildman–Crippen LogP) is 5.11. The predicted molar refractivity (Wildman–Crippen MR) is 111 cm³/mol. The molecule has 0 aliphatic heterocycles. The van der Waals surface area contributed by atoms with Crippen LogP contribution in [0.4, 0.5) is 5.69 Å². The Bertz CT molecular complexity index is 1370. The standard InChI is InChI=1S/C23H17N3O4/c1-14-24-22(26-30-14)13-28-19-8-4-3-7-18(19)23(27)25-15-10-11-17-16-6-2-5-9-20(16)29-21(17)12-15/h2-12H,13H2,1H3,(H,25,27). The van der Waals surface area contributed by atoms with Gasteiger partial charge < -0.3 is 19.0 Å². The van der Waals surface area contributed by atoms with Gasteiger partial charge in [0.25, 0.3) is 5.91 Å². The van der Waals surface area contributed by atoms with Crippen molar-refractivity contribution in [3.8, 4) is 5.75 Å². The Kier molecular flexibility index (Phi) is 4.40. The first-order valence-corrected chi connectivity index (χ1v) is 9.41. The molecule has 2 aromatic heterocycles. The highest BCUT2D eigenvalue weighted by molar-refractivity contribution is 6.09. The molecule has 0 saturated carbocycles. The van der Waals surface area contributed by atoms with Crippen LogP contribution < -0.4 is 10.1 Å². The average molecular weight is 399 g/mol. The number of carbonyl (C=O) groups is 1. The number of anilines is 1. The van der Waals surface area contributed by atoms with Crippen molar-refractivity contribution in [2.24, 2.45) is 0 Å². The first-order chi connectivity index (χ1) is 14.7. The summed E-state index contributed by atoms with van der Waals surface area (Å²) in [6, 6.07) is 20.5. The lowest BCUT2D eigenvalue weighted by atomic mass is 10.1. The van der Waals surface area contributed by atoms with Crippen molar-refractivity contribution in [2.75, 3.05) is 5.32 Å². The van der Waals surface area contributed by atoms with Crippen molar-refractivity contribution in [1.29, 1.82) is 0 Å². The minimum absolute atomic E-state index is 0.104. The molecule has 0 spiro atoms. The second kappa shape index (κ2) is 7.36. The fourth-order valence-corrected chi connectivity index (χ4v) is 3.32. The largest absolute Gasteiger partial charge is 0.485 e. The van der Waals surface area contributed by atoms with Gasteiger partial charge in [-0.1, -0.05) is 35.5 Å². The summed E-state index contributed by atoms with van der Waals surface area (Å²) in [6.07, 6.45) is 0. The second-order valence-corrected chi connectivity index (χ2v) is 6.78. The van der Waals surface area contributed by atoms with Crippen LogP contribution in [0.2, 0.25) is 0 Å². The molecule has 7 heteroatoms. The van der Waals surface area contributed by atoms with Crippen LogP contribution in [0, 0.1) is 6.92 Å². The molecule has 0 fully saturated rings. The fraction of sp³-hybridized carbons (Fsp3) is 0.0870. The van der Waals surface area contributed by atoms with E-state index in [-0.39, 0.29) is 12.5 Å². The second-order valence-electron chi connectivity index (χ2n) is 6.78. The summed E-state index contributed by atoms with van der Waals surface area (Å²) in [5.41, 5.74) is 2.56. The van der Waals surface area contributed by atoms with Crippen LogP contribution in [0.25, 0.3) is 21.9 Å². The number of aryl methyl sites for hydroxylation is 1. The maximum Gasteiger partial charge on any atom is 0.259 e. The molecular formula is C23H17N3O4. The van der Waals surface area contributed by atoms with E-state index in [2.05, 4.69) is 15.5 Å². The van der Waals surface area contributed by atoms with E-state index in [1.807, 2.05) is 42.5 Å². The van der Waals surface area contributed by atoms with E-state index in [4.69, 9.17) is 13.7 Å². The Morgan fingerprint density at radius 2 is 1.80 bits per heavy atom. The molecule has 0 aliphatic rings. The third-order valence-corrected chi connectivity index (χ3v) is 4.69. The molecule has 0 radical (unpaired) electrons. The van der Waals surface area contributed by atoms with Crippen LogP contribution in [0.1, 0.15) is 22.1 Å². The average Bonchev–Trinajstić information content (AvgIpc) is 3.35. The minimum atomic E-state index is -0.287. The van der Waals surface area contributed by atoms with Crippen molar-refractivity contribution >= 4 is 33.5 Å². The summed E-state index contributed by atoms with van der Waals surface area (Å²) in [7, 11) is 0. The summed E-state index contributed by atoms with van der Waals surface area (Å²) >= 11 is 0. The zero-order chi connectivity index (χ0) is 20.5. The van der Waals surface area contributed by atoms with Crippen molar-refractivity contribution in [3.05, 3.63) is 84.0 Å². The van der Waals surface area contributed by atoms with E-state index in [0.29, 0.717) is 34.3 Å². The van der Waals surface area contributed by atoms with E-state index in [9.17, 15) is 4.79 Å². The number of aromatic nitrogens is 2. The van der Waals surface area contributed by atoms with E-state index in [1.54, 1.807) is 31.2 Å². The van der Waals surface area contributed by atoms with Gasteiger partial charge in [-0.25, -0.2) is 0 Å². The first kappa shape index (κ1) is 17.9. The molecule has 3 aromatic carbocycles. The Hall–Kier alpha value is -4.13. The van der Waals surface area contributed by atoms with E-state index < -0.39 is 0 Å². The SMILES string of the molecule is Cc1nc(COc2ccccc2C(=O)Nc2ccc3c(c2)oc2ccccc23)no1. The fourth-order valence-electron chi connectivity index (χ4n) is 3.32. The van der Waals surface area contributed by atoms with Gasteiger partial charge in [-0.2, -0.15) is 4.98 Å². The highest BCUT2D eigenvalue weighted by Crippen LogP contribution is 2.30. The third kappa shape index (κ3) is 3.37. The number of amides is 1. The highest BCUT2D eigenvalue weighted by atomic mass is 16.5. The maximum absolute atomic E-state index is 12.9. The van der Waals surface area contributed by atoms with Gasteiger partial charge in [-0.15, -0.1) is 0 Å². The number of carbonyl (C=O) groups excluding carboxylic acids is 1. The summed E-state index contributed by atoms with van der Waals surface area (Å²) in [5.74, 6) is 1.02. The molecule has 5 rings (SSSR count). The lowest BCUT2D eigenvalue weighted by Gasteiger charge is -2.10. The van der Waals surface area contributed by atoms with Crippen LogP contribution in [-0.2, 0) is 6.61 Å². The number of hydrogen-bond acceptors (Lipinski definition) is 6. The zero-order valence-corrected chi connectivity index (χ0v) is 16.1. The van der Waals surface area contributed by atoms with Gasteiger partial charge in [0.2, 0.25) is 11.7 Å². The molecule has 30 heavy (non-hydrogen) atoms. The van der Waals surface area contributed by atoms with Crippen molar-refractivity contribution in [3.63, 3.8) is 0 Å². The Balaban J connectivity index is 1.38. The summed E-state index contributed by atoms with van der Waals surface area (Å²) in [4.78, 5) is 17.0. The number of furan rings is 1. The normalized spacial score (nSPS) is 11.1. The van der Waals surface area contributed by atoms with Gasteiger partial charge in [0.1, 0.15) is 16.9 Å². The molecule has 148 valence electrons. The highest BCUT2D eigenvalue weighted by Gasteiger charge is 2.15. The molecule has 7 nitrogen and oxygen atoms in total. The van der Waals surface area contributed by atoms with Gasteiger partial charge in [0, 0.05) is 29.4 Å². The van der Waals surface area contributed by atoms with Crippen LogP contribution in [-0.4, -0.2) is 16.0 Å². The number of nitrogens with zero attached hydrogens (tertiary/aromatic N) is 2. The Morgan fingerprint density at radius 1 is 1.00 bits per heavy atom. The van der Waals surface area contributed by atoms with Gasteiger partial charge in [0.15, 0.2) is 6.61 Å². The smallest absolute Gasteiger partial charge is 0.259 e. The molecule has 0 aliphatic carbocycles. The Morgan fingerprint density at radius 3 is 2.67 bits per heavy atom. The van der Waals surface area contributed by atoms with Crippen molar-refractivity contribution in [2.45, 2.75) is 13.5 Å². The lowest BCUT2D eigenvalue weighted by Crippen LogP contribution is -2.13. The number of benzene rings is 3. The topological polar surface area (TPSA) is 90.4 Å². The molecule has 1 amide bonds. The van der Waals surface area contributed by atoms with E-state index in [1.165, 1.54) is 0 Å². The molecular weight excluding hydrogens is 382 g/mol. The van der Waals surface area contributed by atoms with Gasteiger partial charge >= 0.3 is 0 Å². The number of ether oxygens (including phenoxy) is 1. The van der Waals surface area contributed by atoms with Crippen LogP contribution >= 0.6 is 0 Å². The first-order valence-electron chi connectivity index (χ1n) is 9.41. The third-order valence-electron chi connectivity index (χ3n) is 4.69. The Labute approximate surface area is 171 Å². The number of hydrogen-bond donors (Lipinski definition) is 1. The minimum Gasteiger partial charge on any atom is -0.485 e. The van der Waals surface area contributed by atoms with Gasteiger partial charge in [-0.05, 0) is 30.3 Å². The van der Waals surface area contributed by atoms with Gasteiger partial charge in [-0.3, -0.25) is 4.79 Å². The summed E-state index contributed by atoms with van der Waals surface area (Å²) in [6.45, 7) is 1.81. The van der Waals surface area contributed by atoms with Crippen molar-refractivity contribution in [1.82, 2.24) is 10.1 Å².